The van der Waals surface area contributed by atoms with Crippen molar-refractivity contribution in [3.63, 3.8) is 0 Å². The summed E-state index contributed by atoms with van der Waals surface area (Å²) >= 11 is 0. The number of likely N-dealkylation sites (tertiary alicyclic amines) is 1. The minimum atomic E-state index is -0.489. The van der Waals surface area contributed by atoms with Crippen LogP contribution in [0.5, 0.6) is 0 Å². The van der Waals surface area contributed by atoms with Gasteiger partial charge in [-0.3, -0.25) is 4.79 Å². The van der Waals surface area contributed by atoms with Gasteiger partial charge in [-0.2, -0.15) is 5.10 Å². The molecule has 0 bridgehead atoms. The van der Waals surface area contributed by atoms with Gasteiger partial charge in [-0.05, 0) is 64.2 Å². The number of hydrogen-bond donors (Lipinski definition) is 0. The Balaban J connectivity index is 1.53. The Morgan fingerprint density at radius 2 is 1.91 bits per heavy atom. The second-order valence-electron chi connectivity index (χ2n) is 9.19. The number of aryl methyl sites for hydroxylation is 1. The van der Waals surface area contributed by atoms with Crippen molar-refractivity contribution < 1.29 is 4.79 Å². The fourth-order valence-corrected chi connectivity index (χ4v) is 5.12. The summed E-state index contributed by atoms with van der Waals surface area (Å²) in [7, 11) is 0. The molecule has 6 heteroatoms. The van der Waals surface area contributed by atoms with Crippen LogP contribution in [0.4, 0.5) is 5.82 Å². The minimum absolute atomic E-state index is 0.00301. The van der Waals surface area contributed by atoms with Gasteiger partial charge in [0.15, 0.2) is 5.65 Å². The average Bonchev–Trinajstić information content (AvgIpc) is 3.48. The molecule has 0 radical (unpaired) electrons. The topological polar surface area (TPSA) is 53.7 Å². The lowest BCUT2D eigenvalue weighted by Gasteiger charge is -2.44. The Bertz CT molecular complexity index is 1220. The minimum Gasteiger partial charge on any atom is -0.356 e. The Hall–Kier alpha value is -3.33. The maximum absolute atomic E-state index is 13.6. The number of nitrogens with zero attached hydrogens (tertiary/aromatic N) is 5. The molecule has 2 saturated heterocycles. The Morgan fingerprint density at radius 3 is 2.69 bits per heavy atom. The predicted octanol–water partition coefficient (Wildman–Crippen LogP) is 4.16. The van der Waals surface area contributed by atoms with E-state index in [2.05, 4.69) is 36.9 Å². The van der Waals surface area contributed by atoms with Crippen LogP contribution in [0.3, 0.4) is 0 Å². The molecule has 3 aromatic rings. The molecule has 0 N–H and O–H groups in total. The molecule has 2 aromatic heterocycles. The Morgan fingerprint density at radius 1 is 1.12 bits per heavy atom. The molecule has 0 spiro atoms. The van der Waals surface area contributed by atoms with Crippen LogP contribution in [0.2, 0.25) is 0 Å². The number of fused-ring (bicyclic) bond motifs is 1. The van der Waals surface area contributed by atoms with Gasteiger partial charge < -0.3 is 9.80 Å². The summed E-state index contributed by atoms with van der Waals surface area (Å²) in [6.45, 7) is 7.04. The van der Waals surface area contributed by atoms with E-state index in [1.54, 1.807) is 6.07 Å². The van der Waals surface area contributed by atoms with E-state index in [0.717, 1.165) is 60.6 Å². The third-order valence-corrected chi connectivity index (χ3v) is 6.97. The van der Waals surface area contributed by atoms with Crippen molar-refractivity contribution in [2.75, 3.05) is 24.5 Å². The number of benzene rings is 1. The van der Waals surface area contributed by atoms with Crippen LogP contribution in [0.25, 0.3) is 5.65 Å². The van der Waals surface area contributed by atoms with E-state index in [9.17, 15) is 4.79 Å². The number of anilines is 1. The first-order valence-corrected chi connectivity index (χ1v) is 11.5. The molecule has 2 aliphatic rings. The van der Waals surface area contributed by atoms with E-state index in [1.165, 1.54) is 12.8 Å². The van der Waals surface area contributed by atoms with E-state index in [-0.39, 0.29) is 5.91 Å². The number of carbonyl (C=O) groups is 1. The van der Waals surface area contributed by atoms with Crippen LogP contribution in [0, 0.1) is 19.3 Å². The fraction of sp³-hybridized carbons (Fsp3) is 0.423. The van der Waals surface area contributed by atoms with Gasteiger partial charge >= 0.3 is 0 Å². The van der Waals surface area contributed by atoms with Crippen molar-refractivity contribution >= 4 is 17.4 Å². The maximum atomic E-state index is 13.6. The first kappa shape index (κ1) is 20.6. The van der Waals surface area contributed by atoms with E-state index in [0.29, 0.717) is 12.1 Å². The highest BCUT2D eigenvalue weighted by Gasteiger charge is 2.41. The zero-order valence-corrected chi connectivity index (χ0v) is 18.8. The van der Waals surface area contributed by atoms with E-state index >= 15 is 0 Å². The standard InChI is InChI=1S/C26H29N5O/c1-4-20-10-9-11-21(16-20)25(32)30-15-6-5-12-26(30,3)22-17-23-27-24(29-13-7-8-14-29)19(2)18-31(23)28-22/h1,9-11,16-18H,5-8,12-15H2,2-3H3/t26-/m0/s1. The highest BCUT2D eigenvalue weighted by molar-refractivity contribution is 5.95. The lowest BCUT2D eigenvalue weighted by Crippen LogP contribution is -2.50. The summed E-state index contributed by atoms with van der Waals surface area (Å²) in [5.74, 6) is 3.68. The number of aromatic nitrogens is 3. The molecule has 2 fully saturated rings. The highest BCUT2D eigenvalue weighted by atomic mass is 16.2. The summed E-state index contributed by atoms with van der Waals surface area (Å²) in [5.41, 5.74) is 3.71. The molecule has 0 aliphatic carbocycles. The van der Waals surface area contributed by atoms with E-state index in [1.807, 2.05) is 27.6 Å². The normalized spacial score (nSPS) is 21.2. The maximum Gasteiger partial charge on any atom is 0.254 e. The third kappa shape index (κ3) is 3.42. The van der Waals surface area contributed by atoms with Gasteiger partial charge in [-0.15, -0.1) is 6.42 Å². The van der Waals surface area contributed by atoms with Crippen molar-refractivity contribution in [2.24, 2.45) is 0 Å². The summed E-state index contributed by atoms with van der Waals surface area (Å²) < 4.78 is 1.87. The largest absolute Gasteiger partial charge is 0.356 e. The monoisotopic (exact) mass is 427 g/mol. The van der Waals surface area contributed by atoms with Crippen LogP contribution in [-0.4, -0.2) is 45.0 Å². The van der Waals surface area contributed by atoms with Crippen molar-refractivity contribution in [1.82, 2.24) is 19.5 Å². The average molecular weight is 428 g/mol. The number of amides is 1. The number of carbonyl (C=O) groups excluding carboxylic acids is 1. The molecule has 0 unspecified atom stereocenters. The zero-order valence-electron chi connectivity index (χ0n) is 18.8. The van der Waals surface area contributed by atoms with Crippen molar-refractivity contribution in [2.45, 2.75) is 51.5 Å². The van der Waals surface area contributed by atoms with Gasteiger partial charge in [0.05, 0.1) is 11.2 Å². The summed E-state index contributed by atoms with van der Waals surface area (Å²) in [6, 6.07) is 9.40. The van der Waals surface area contributed by atoms with Gasteiger partial charge in [0.1, 0.15) is 5.82 Å². The first-order chi connectivity index (χ1) is 15.5. The van der Waals surface area contributed by atoms with Crippen LogP contribution < -0.4 is 4.90 Å². The quantitative estimate of drug-likeness (QED) is 0.589. The Kier molecular flexibility index (Phi) is 5.13. The number of terminal acetylenes is 1. The molecule has 1 amide bonds. The summed E-state index contributed by atoms with van der Waals surface area (Å²) in [5, 5.41) is 4.91. The van der Waals surface area contributed by atoms with Gasteiger partial charge in [0, 0.05) is 48.6 Å². The predicted molar refractivity (Wildman–Crippen MR) is 126 cm³/mol. The van der Waals surface area contributed by atoms with Crippen LogP contribution in [0.15, 0.2) is 36.5 Å². The lowest BCUT2D eigenvalue weighted by molar-refractivity contribution is 0.0348. The lowest BCUT2D eigenvalue weighted by atomic mass is 9.84. The fourth-order valence-electron chi connectivity index (χ4n) is 5.12. The Labute approximate surface area is 189 Å². The molecule has 5 rings (SSSR count). The number of hydrogen-bond acceptors (Lipinski definition) is 4. The second-order valence-corrected chi connectivity index (χ2v) is 9.19. The SMILES string of the molecule is C#Cc1cccc(C(=O)N2CCCC[C@@]2(C)c2cc3nc(N4CCCC4)c(C)cn3n2)c1. The van der Waals surface area contributed by atoms with Crippen molar-refractivity contribution in [1.29, 1.82) is 0 Å². The van der Waals surface area contributed by atoms with Crippen molar-refractivity contribution in [3.8, 4) is 12.3 Å². The first-order valence-electron chi connectivity index (χ1n) is 11.5. The number of rotatable bonds is 3. The van der Waals surface area contributed by atoms with Crippen molar-refractivity contribution in [3.05, 3.63) is 58.9 Å². The molecule has 6 nitrogen and oxygen atoms in total. The van der Waals surface area contributed by atoms with E-state index < -0.39 is 5.54 Å². The van der Waals surface area contributed by atoms with E-state index in [4.69, 9.17) is 16.5 Å². The van der Waals surface area contributed by atoms with Gasteiger partial charge in [0.2, 0.25) is 0 Å². The summed E-state index contributed by atoms with van der Waals surface area (Å²) in [4.78, 5) is 22.8. The molecule has 2 aliphatic heterocycles. The summed E-state index contributed by atoms with van der Waals surface area (Å²) in [6.07, 6.45) is 13.0. The molecule has 1 aromatic carbocycles. The highest BCUT2D eigenvalue weighted by Crippen LogP contribution is 2.38. The van der Waals surface area contributed by atoms with Gasteiger partial charge in [-0.1, -0.05) is 12.0 Å². The van der Waals surface area contributed by atoms with Gasteiger partial charge in [-0.25, -0.2) is 9.50 Å². The third-order valence-electron chi connectivity index (χ3n) is 6.97. The second kappa shape index (κ2) is 7.98. The van der Waals surface area contributed by atoms with Crippen LogP contribution >= 0.6 is 0 Å². The molecule has 4 heterocycles. The molecular weight excluding hydrogens is 398 g/mol. The number of piperidine rings is 1. The van der Waals surface area contributed by atoms with Crippen LogP contribution in [0.1, 0.15) is 66.2 Å². The molecule has 164 valence electrons. The molecule has 0 saturated carbocycles. The molecule has 1 atom stereocenters. The van der Waals surface area contributed by atoms with Gasteiger partial charge in [0.25, 0.3) is 5.91 Å². The molecular formula is C26H29N5O. The molecule has 32 heavy (non-hydrogen) atoms. The zero-order chi connectivity index (χ0) is 22.3. The van der Waals surface area contributed by atoms with Crippen LogP contribution in [-0.2, 0) is 5.54 Å². The smallest absolute Gasteiger partial charge is 0.254 e.